The molecular formula is C16H15F2NOS. The topological polar surface area (TPSA) is 29.1 Å². The Morgan fingerprint density at radius 3 is 2.52 bits per heavy atom. The van der Waals surface area contributed by atoms with E-state index in [-0.39, 0.29) is 23.3 Å². The van der Waals surface area contributed by atoms with E-state index in [1.54, 1.807) is 18.2 Å². The van der Waals surface area contributed by atoms with E-state index in [1.807, 2.05) is 6.07 Å². The van der Waals surface area contributed by atoms with Gasteiger partial charge in [0.1, 0.15) is 11.6 Å². The first-order valence-corrected chi connectivity index (χ1v) is 7.51. The van der Waals surface area contributed by atoms with Crippen molar-refractivity contribution in [3.8, 4) is 0 Å². The number of halogens is 2. The van der Waals surface area contributed by atoms with Gasteiger partial charge in [0.05, 0.1) is 5.75 Å². The van der Waals surface area contributed by atoms with Gasteiger partial charge in [0.2, 0.25) is 5.91 Å². The third kappa shape index (κ3) is 5.55. The molecule has 0 aromatic heterocycles. The first-order valence-electron chi connectivity index (χ1n) is 6.53. The number of thioether (sulfide) groups is 1. The van der Waals surface area contributed by atoms with Crippen molar-refractivity contribution in [2.45, 2.75) is 11.3 Å². The summed E-state index contributed by atoms with van der Waals surface area (Å²) < 4.78 is 25.7. The van der Waals surface area contributed by atoms with Gasteiger partial charge in [-0.25, -0.2) is 8.78 Å². The summed E-state index contributed by atoms with van der Waals surface area (Å²) in [5.74, 6) is -0.389. The van der Waals surface area contributed by atoms with Crippen LogP contribution < -0.4 is 5.32 Å². The Balaban J connectivity index is 1.69. The summed E-state index contributed by atoms with van der Waals surface area (Å²) in [6.45, 7) is 0.465. The van der Waals surface area contributed by atoms with Crippen molar-refractivity contribution in [1.82, 2.24) is 5.32 Å². The molecule has 21 heavy (non-hydrogen) atoms. The highest BCUT2D eigenvalue weighted by molar-refractivity contribution is 8.00. The normalized spacial score (nSPS) is 10.4. The second-order valence-corrected chi connectivity index (χ2v) is 5.52. The molecule has 0 aliphatic carbocycles. The Labute approximate surface area is 126 Å². The molecular weight excluding hydrogens is 292 g/mol. The zero-order valence-electron chi connectivity index (χ0n) is 11.3. The van der Waals surface area contributed by atoms with Crippen LogP contribution in [0.5, 0.6) is 0 Å². The van der Waals surface area contributed by atoms with Crippen LogP contribution in [0.1, 0.15) is 5.56 Å². The Hall–Kier alpha value is -1.88. The average Bonchev–Trinajstić information content (AvgIpc) is 2.47. The van der Waals surface area contributed by atoms with Crippen LogP contribution in [0.15, 0.2) is 53.4 Å². The predicted molar refractivity (Wildman–Crippen MR) is 80.2 cm³/mol. The molecule has 0 radical (unpaired) electrons. The van der Waals surface area contributed by atoms with Gasteiger partial charge in [-0.05, 0) is 48.4 Å². The van der Waals surface area contributed by atoms with Crippen molar-refractivity contribution in [3.63, 3.8) is 0 Å². The van der Waals surface area contributed by atoms with E-state index >= 15 is 0 Å². The van der Waals surface area contributed by atoms with Crippen LogP contribution in [0, 0.1) is 11.6 Å². The zero-order valence-corrected chi connectivity index (χ0v) is 12.1. The van der Waals surface area contributed by atoms with Gasteiger partial charge in [-0.2, -0.15) is 0 Å². The Kier molecular flexibility index (Phi) is 5.75. The molecule has 0 heterocycles. The summed E-state index contributed by atoms with van der Waals surface area (Å²) in [6.07, 6.45) is 0.588. The summed E-state index contributed by atoms with van der Waals surface area (Å²) in [5, 5.41) is 2.78. The minimum atomic E-state index is -0.293. The van der Waals surface area contributed by atoms with Crippen LogP contribution in [0.2, 0.25) is 0 Å². The molecule has 0 fully saturated rings. The molecule has 0 saturated heterocycles. The van der Waals surface area contributed by atoms with E-state index in [9.17, 15) is 13.6 Å². The molecule has 0 atom stereocenters. The first-order chi connectivity index (χ1) is 10.1. The smallest absolute Gasteiger partial charge is 0.230 e. The summed E-state index contributed by atoms with van der Waals surface area (Å²) in [4.78, 5) is 12.5. The van der Waals surface area contributed by atoms with Crippen LogP contribution in [-0.2, 0) is 11.2 Å². The number of rotatable bonds is 6. The van der Waals surface area contributed by atoms with Gasteiger partial charge in [0.25, 0.3) is 0 Å². The standard InChI is InChI=1S/C16H15F2NOS/c17-13-4-6-15(7-5-13)21-11-16(20)19-9-8-12-2-1-3-14(18)10-12/h1-7,10H,8-9,11H2,(H,19,20). The minimum Gasteiger partial charge on any atom is -0.355 e. The van der Waals surface area contributed by atoms with E-state index in [0.29, 0.717) is 13.0 Å². The fourth-order valence-corrected chi connectivity index (χ4v) is 2.50. The number of hydrogen-bond donors (Lipinski definition) is 1. The van der Waals surface area contributed by atoms with Gasteiger partial charge in [-0.1, -0.05) is 12.1 Å². The quantitative estimate of drug-likeness (QED) is 0.829. The summed E-state index contributed by atoms with van der Waals surface area (Å²) >= 11 is 1.35. The van der Waals surface area contributed by atoms with Crippen LogP contribution in [0.3, 0.4) is 0 Å². The maximum absolute atomic E-state index is 13.0. The van der Waals surface area contributed by atoms with Crippen molar-refractivity contribution >= 4 is 17.7 Å². The molecule has 0 aliphatic heterocycles. The average molecular weight is 307 g/mol. The Morgan fingerprint density at radius 2 is 1.81 bits per heavy atom. The third-order valence-electron chi connectivity index (χ3n) is 2.81. The van der Waals surface area contributed by atoms with Crippen molar-refractivity contribution in [3.05, 3.63) is 65.7 Å². The number of benzene rings is 2. The summed E-state index contributed by atoms with van der Waals surface area (Å²) in [7, 11) is 0. The van der Waals surface area contributed by atoms with E-state index < -0.39 is 0 Å². The maximum Gasteiger partial charge on any atom is 0.230 e. The molecule has 2 aromatic rings. The summed E-state index contributed by atoms with van der Waals surface area (Å²) in [6, 6.07) is 12.3. The Morgan fingerprint density at radius 1 is 1.05 bits per heavy atom. The second-order valence-electron chi connectivity index (χ2n) is 4.47. The lowest BCUT2D eigenvalue weighted by atomic mass is 10.1. The largest absolute Gasteiger partial charge is 0.355 e. The fraction of sp³-hybridized carbons (Fsp3) is 0.188. The van der Waals surface area contributed by atoms with Crippen molar-refractivity contribution in [1.29, 1.82) is 0 Å². The van der Waals surface area contributed by atoms with E-state index in [4.69, 9.17) is 0 Å². The van der Waals surface area contributed by atoms with Crippen LogP contribution in [0.4, 0.5) is 8.78 Å². The first kappa shape index (κ1) is 15.5. The second kappa shape index (κ2) is 7.78. The van der Waals surface area contributed by atoms with Crippen molar-refractivity contribution in [2.75, 3.05) is 12.3 Å². The fourth-order valence-electron chi connectivity index (χ4n) is 1.77. The predicted octanol–water partition coefficient (Wildman–Crippen LogP) is 3.42. The highest BCUT2D eigenvalue weighted by Gasteiger charge is 2.03. The van der Waals surface area contributed by atoms with E-state index in [0.717, 1.165) is 10.5 Å². The van der Waals surface area contributed by atoms with Crippen LogP contribution in [-0.4, -0.2) is 18.2 Å². The summed E-state index contributed by atoms with van der Waals surface area (Å²) in [5.41, 5.74) is 0.849. The van der Waals surface area contributed by atoms with E-state index in [1.165, 1.54) is 36.0 Å². The number of carbonyl (C=O) groups excluding carboxylic acids is 1. The highest BCUT2D eigenvalue weighted by Crippen LogP contribution is 2.17. The van der Waals surface area contributed by atoms with Crippen LogP contribution >= 0.6 is 11.8 Å². The monoisotopic (exact) mass is 307 g/mol. The molecule has 2 nitrogen and oxygen atoms in total. The molecule has 2 aromatic carbocycles. The molecule has 2 rings (SSSR count). The molecule has 0 saturated carbocycles. The maximum atomic E-state index is 13.0. The molecule has 0 bridgehead atoms. The number of carbonyl (C=O) groups is 1. The lowest BCUT2D eigenvalue weighted by Crippen LogP contribution is -2.27. The number of nitrogens with one attached hydrogen (secondary N) is 1. The molecule has 0 unspecified atom stereocenters. The van der Waals surface area contributed by atoms with Crippen molar-refractivity contribution < 1.29 is 13.6 Å². The molecule has 0 aliphatic rings. The van der Waals surface area contributed by atoms with Gasteiger partial charge in [0.15, 0.2) is 0 Å². The zero-order chi connectivity index (χ0) is 15.1. The van der Waals surface area contributed by atoms with Gasteiger partial charge in [-0.3, -0.25) is 4.79 Å². The highest BCUT2D eigenvalue weighted by atomic mass is 32.2. The molecule has 1 N–H and O–H groups in total. The number of amides is 1. The van der Waals surface area contributed by atoms with Gasteiger partial charge in [0, 0.05) is 11.4 Å². The van der Waals surface area contributed by atoms with Gasteiger partial charge in [-0.15, -0.1) is 11.8 Å². The minimum absolute atomic E-state index is 0.0965. The molecule has 110 valence electrons. The molecule has 0 spiro atoms. The van der Waals surface area contributed by atoms with Crippen molar-refractivity contribution in [2.24, 2.45) is 0 Å². The lowest BCUT2D eigenvalue weighted by molar-refractivity contribution is -0.118. The van der Waals surface area contributed by atoms with E-state index in [2.05, 4.69) is 5.32 Å². The number of hydrogen-bond acceptors (Lipinski definition) is 2. The van der Waals surface area contributed by atoms with Gasteiger partial charge >= 0.3 is 0 Å². The van der Waals surface area contributed by atoms with Crippen LogP contribution in [0.25, 0.3) is 0 Å². The van der Waals surface area contributed by atoms with Gasteiger partial charge < -0.3 is 5.32 Å². The SMILES string of the molecule is O=C(CSc1ccc(F)cc1)NCCc1cccc(F)c1. The molecule has 5 heteroatoms. The third-order valence-corrected chi connectivity index (χ3v) is 3.82. The lowest BCUT2D eigenvalue weighted by Gasteiger charge is -2.05. The Bertz CT molecular complexity index is 601. The molecule has 1 amide bonds.